The fraction of sp³-hybridized carbons (Fsp3) is 0.0667. The van der Waals surface area contributed by atoms with Crippen LogP contribution in [-0.2, 0) is 0 Å². The molecule has 0 aliphatic rings. The van der Waals surface area contributed by atoms with Crippen LogP contribution in [-0.4, -0.2) is 11.0 Å². The van der Waals surface area contributed by atoms with Crippen molar-refractivity contribution in [2.75, 3.05) is 10.6 Å². The van der Waals surface area contributed by atoms with E-state index < -0.39 is 0 Å². The highest BCUT2D eigenvalue weighted by atomic mass is 32.1. The van der Waals surface area contributed by atoms with E-state index in [1.807, 2.05) is 54.1 Å². The van der Waals surface area contributed by atoms with Gasteiger partial charge in [0.25, 0.3) is 0 Å². The Hall–Kier alpha value is -2.18. The third-order valence-electron chi connectivity index (χ3n) is 2.79. The quantitative estimate of drug-likeness (QED) is 0.727. The van der Waals surface area contributed by atoms with Crippen molar-refractivity contribution in [2.45, 2.75) is 6.92 Å². The highest BCUT2D eigenvalue weighted by Gasteiger charge is 2.06. The van der Waals surface area contributed by atoms with Crippen LogP contribution in [0.3, 0.4) is 0 Å². The SMILES string of the molecule is Cc1nc(-c2cccc(NC(=O)Nc3cccs3)c2)cs1. The molecule has 0 fully saturated rings. The fourth-order valence-electron chi connectivity index (χ4n) is 1.88. The van der Waals surface area contributed by atoms with Crippen molar-refractivity contribution in [3.05, 3.63) is 52.2 Å². The van der Waals surface area contributed by atoms with E-state index in [0.717, 1.165) is 27.0 Å². The highest BCUT2D eigenvalue weighted by molar-refractivity contribution is 7.14. The number of nitrogens with one attached hydrogen (secondary N) is 2. The summed E-state index contributed by atoms with van der Waals surface area (Å²) in [7, 11) is 0. The van der Waals surface area contributed by atoms with Gasteiger partial charge in [0.2, 0.25) is 0 Å². The lowest BCUT2D eigenvalue weighted by molar-refractivity contribution is 0.262. The van der Waals surface area contributed by atoms with E-state index in [2.05, 4.69) is 15.6 Å². The fourth-order valence-corrected chi connectivity index (χ4v) is 3.11. The average Bonchev–Trinajstić information content (AvgIpc) is 3.10. The molecule has 21 heavy (non-hydrogen) atoms. The number of rotatable bonds is 3. The third kappa shape index (κ3) is 3.48. The van der Waals surface area contributed by atoms with Gasteiger partial charge in [-0.05, 0) is 36.6 Å². The first-order chi connectivity index (χ1) is 10.2. The smallest absolute Gasteiger partial charge is 0.308 e. The monoisotopic (exact) mass is 315 g/mol. The van der Waals surface area contributed by atoms with Crippen molar-refractivity contribution in [3.63, 3.8) is 0 Å². The van der Waals surface area contributed by atoms with Crippen molar-refractivity contribution in [1.29, 1.82) is 0 Å². The molecule has 0 saturated heterocycles. The van der Waals surface area contributed by atoms with Gasteiger partial charge in [0, 0.05) is 16.6 Å². The maximum Gasteiger partial charge on any atom is 0.324 e. The zero-order valence-electron chi connectivity index (χ0n) is 11.3. The number of carbonyl (C=O) groups is 1. The Morgan fingerprint density at radius 2 is 2.05 bits per heavy atom. The maximum absolute atomic E-state index is 11.9. The molecule has 0 unspecified atom stereocenters. The molecule has 0 radical (unpaired) electrons. The van der Waals surface area contributed by atoms with Crippen LogP contribution in [0.2, 0.25) is 0 Å². The molecule has 0 spiro atoms. The number of hydrogen-bond donors (Lipinski definition) is 2. The third-order valence-corrected chi connectivity index (χ3v) is 4.35. The van der Waals surface area contributed by atoms with E-state index in [1.165, 1.54) is 11.3 Å². The number of hydrogen-bond acceptors (Lipinski definition) is 4. The molecule has 0 bridgehead atoms. The minimum Gasteiger partial charge on any atom is -0.308 e. The van der Waals surface area contributed by atoms with Gasteiger partial charge >= 0.3 is 6.03 Å². The number of aromatic nitrogens is 1. The van der Waals surface area contributed by atoms with Crippen molar-refractivity contribution in [1.82, 2.24) is 4.98 Å². The van der Waals surface area contributed by atoms with Gasteiger partial charge in [-0.1, -0.05) is 12.1 Å². The molecule has 1 aromatic carbocycles. The summed E-state index contributed by atoms with van der Waals surface area (Å²) in [4.78, 5) is 16.4. The molecule has 2 amide bonds. The molecule has 106 valence electrons. The number of thiazole rings is 1. The Morgan fingerprint density at radius 3 is 2.76 bits per heavy atom. The molecule has 6 heteroatoms. The standard InChI is InChI=1S/C15H13N3OS2/c1-10-16-13(9-21-10)11-4-2-5-12(8-11)17-15(19)18-14-6-3-7-20-14/h2-9H,1H3,(H2,17,18,19). The van der Waals surface area contributed by atoms with Gasteiger partial charge in [0.1, 0.15) is 0 Å². The molecule has 0 aliphatic heterocycles. The molecule has 0 atom stereocenters. The predicted molar refractivity (Wildman–Crippen MR) is 89.2 cm³/mol. The number of carbonyl (C=O) groups excluding carboxylic acids is 1. The molecule has 4 nitrogen and oxygen atoms in total. The number of aryl methyl sites for hydroxylation is 1. The molecule has 3 rings (SSSR count). The number of amides is 2. The van der Waals surface area contributed by atoms with Crippen LogP contribution in [0, 0.1) is 6.92 Å². The van der Waals surface area contributed by atoms with E-state index in [1.54, 1.807) is 11.3 Å². The summed E-state index contributed by atoms with van der Waals surface area (Å²) < 4.78 is 0. The first-order valence-corrected chi connectivity index (χ1v) is 8.11. The summed E-state index contributed by atoms with van der Waals surface area (Å²) in [5, 5.41) is 11.4. The molecule has 2 N–H and O–H groups in total. The molecule has 0 aliphatic carbocycles. The number of anilines is 2. The minimum atomic E-state index is -0.246. The molecule has 3 aromatic rings. The normalized spacial score (nSPS) is 10.3. The molecule has 2 heterocycles. The Morgan fingerprint density at radius 1 is 1.14 bits per heavy atom. The highest BCUT2D eigenvalue weighted by Crippen LogP contribution is 2.24. The summed E-state index contributed by atoms with van der Waals surface area (Å²) in [6.07, 6.45) is 0. The number of nitrogens with zero attached hydrogens (tertiary/aromatic N) is 1. The van der Waals surface area contributed by atoms with E-state index in [4.69, 9.17) is 0 Å². The average molecular weight is 315 g/mol. The number of benzene rings is 1. The maximum atomic E-state index is 11.9. The first kappa shape index (κ1) is 13.8. The van der Waals surface area contributed by atoms with Gasteiger partial charge in [-0.15, -0.1) is 22.7 Å². The minimum absolute atomic E-state index is 0.246. The van der Waals surface area contributed by atoms with E-state index in [-0.39, 0.29) is 6.03 Å². The largest absolute Gasteiger partial charge is 0.324 e. The van der Waals surface area contributed by atoms with Gasteiger partial charge in [-0.3, -0.25) is 5.32 Å². The number of thiophene rings is 1. The van der Waals surface area contributed by atoms with E-state index in [0.29, 0.717) is 0 Å². The van der Waals surface area contributed by atoms with Crippen LogP contribution in [0.1, 0.15) is 5.01 Å². The van der Waals surface area contributed by atoms with Crippen molar-refractivity contribution >= 4 is 39.4 Å². The second kappa shape index (κ2) is 6.07. The van der Waals surface area contributed by atoms with Gasteiger partial charge in [0.15, 0.2) is 0 Å². The van der Waals surface area contributed by atoms with Crippen molar-refractivity contribution in [3.8, 4) is 11.3 Å². The second-order valence-electron chi connectivity index (χ2n) is 4.39. The summed E-state index contributed by atoms with van der Waals surface area (Å²) in [5.41, 5.74) is 2.67. The van der Waals surface area contributed by atoms with E-state index in [9.17, 15) is 4.79 Å². The van der Waals surface area contributed by atoms with Crippen molar-refractivity contribution < 1.29 is 4.79 Å². The zero-order valence-corrected chi connectivity index (χ0v) is 12.9. The van der Waals surface area contributed by atoms with Gasteiger partial charge in [-0.25, -0.2) is 9.78 Å². The lowest BCUT2D eigenvalue weighted by atomic mass is 10.1. The van der Waals surface area contributed by atoms with Gasteiger partial charge in [-0.2, -0.15) is 0 Å². The summed E-state index contributed by atoms with van der Waals surface area (Å²) in [5.74, 6) is 0. The predicted octanol–water partition coefficient (Wildman–Crippen LogP) is 4.82. The molecular weight excluding hydrogens is 302 g/mol. The number of urea groups is 1. The molecular formula is C15H13N3OS2. The Kier molecular flexibility index (Phi) is 3.98. The van der Waals surface area contributed by atoms with Crippen LogP contribution in [0.5, 0.6) is 0 Å². The topological polar surface area (TPSA) is 54.0 Å². The molecule has 2 aromatic heterocycles. The Balaban J connectivity index is 1.72. The summed E-state index contributed by atoms with van der Waals surface area (Å²) in [6.45, 7) is 1.98. The van der Waals surface area contributed by atoms with Crippen LogP contribution < -0.4 is 10.6 Å². The van der Waals surface area contributed by atoms with Gasteiger partial charge in [0.05, 0.1) is 15.7 Å². The second-order valence-corrected chi connectivity index (χ2v) is 6.40. The summed E-state index contributed by atoms with van der Waals surface area (Å²) in [6, 6.07) is 11.2. The molecule has 0 saturated carbocycles. The Labute approximate surface area is 130 Å². The van der Waals surface area contributed by atoms with Crippen LogP contribution in [0.25, 0.3) is 11.3 Å². The summed E-state index contributed by atoms with van der Waals surface area (Å²) >= 11 is 3.10. The first-order valence-electron chi connectivity index (χ1n) is 6.35. The Bertz CT molecular complexity index is 750. The van der Waals surface area contributed by atoms with Crippen LogP contribution >= 0.6 is 22.7 Å². The lowest BCUT2D eigenvalue weighted by Crippen LogP contribution is -2.18. The van der Waals surface area contributed by atoms with Crippen molar-refractivity contribution in [2.24, 2.45) is 0 Å². The van der Waals surface area contributed by atoms with Crippen LogP contribution in [0.15, 0.2) is 47.2 Å². The van der Waals surface area contributed by atoms with E-state index >= 15 is 0 Å². The van der Waals surface area contributed by atoms with Crippen LogP contribution in [0.4, 0.5) is 15.5 Å². The zero-order chi connectivity index (χ0) is 14.7. The van der Waals surface area contributed by atoms with Gasteiger partial charge < -0.3 is 5.32 Å². The lowest BCUT2D eigenvalue weighted by Gasteiger charge is -2.07.